The van der Waals surface area contributed by atoms with Gasteiger partial charge in [0.05, 0.1) is 23.8 Å². The van der Waals surface area contributed by atoms with E-state index in [0.717, 1.165) is 0 Å². The summed E-state index contributed by atoms with van der Waals surface area (Å²) in [7, 11) is 0. The Bertz CT molecular complexity index is 845. The molecule has 26 heavy (non-hydrogen) atoms. The van der Waals surface area contributed by atoms with E-state index in [4.69, 9.17) is 9.26 Å². The van der Waals surface area contributed by atoms with Gasteiger partial charge < -0.3 is 14.6 Å². The highest BCUT2D eigenvalue weighted by Crippen LogP contribution is 2.26. The maximum absolute atomic E-state index is 12.6. The Morgan fingerprint density at radius 2 is 2.15 bits per heavy atom. The van der Waals surface area contributed by atoms with Crippen LogP contribution in [0.2, 0.25) is 0 Å². The minimum atomic E-state index is -0.547. The number of esters is 1. The van der Waals surface area contributed by atoms with Gasteiger partial charge in [-0.1, -0.05) is 17.3 Å². The molecule has 1 atom stereocenters. The van der Waals surface area contributed by atoms with Gasteiger partial charge in [0.25, 0.3) is 0 Å². The monoisotopic (exact) mass is 357 g/mol. The zero-order chi connectivity index (χ0) is 18.7. The Morgan fingerprint density at radius 1 is 1.38 bits per heavy atom. The molecule has 1 fully saturated rings. The number of ether oxygens (including phenoxy) is 1. The Kier molecular flexibility index (Phi) is 5.01. The first-order valence-corrected chi connectivity index (χ1v) is 8.30. The molecule has 136 valence electrons. The van der Waals surface area contributed by atoms with Crippen LogP contribution in [0.3, 0.4) is 0 Å². The summed E-state index contributed by atoms with van der Waals surface area (Å²) in [4.78, 5) is 38.2. The summed E-state index contributed by atoms with van der Waals surface area (Å²) >= 11 is 0. The number of hydrogen-bond donors (Lipinski definition) is 1. The van der Waals surface area contributed by atoms with Crippen LogP contribution in [0.25, 0.3) is 0 Å². The van der Waals surface area contributed by atoms with Crippen LogP contribution in [0.4, 0.5) is 11.5 Å². The smallest absolute Gasteiger partial charge is 0.340 e. The molecule has 1 N–H and O–H groups in total. The Morgan fingerprint density at radius 3 is 2.85 bits per heavy atom. The zero-order valence-corrected chi connectivity index (χ0v) is 14.5. The third-order valence-electron chi connectivity index (χ3n) is 4.07. The quantitative estimate of drug-likeness (QED) is 0.823. The maximum atomic E-state index is 12.6. The summed E-state index contributed by atoms with van der Waals surface area (Å²) in [5.41, 5.74) is 0.634. The third-order valence-corrected chi connectivity index (χ3v) is 4.07. The molecule has 8 nitrogen and oxygen atoms in total. The van der Waals surface area contributed by atoms with E-state index >= 15 is 0 Å². The standard InChI is InChI=1S/C18H19N3O5/c1-3-25-18(24)13-6-4-5-7-14(13)19-17(23)12-9-16(22)21(10-12)15-8-11(2)26-20-15/h4-8,12H,3,9-10H2,1-2H3,(H,19,23). The van der Waals surface area contributed by atoms with Crippen molar-refractivity contribution in [1.82, 2.24) is 5.16 Å². The van der Waals surface area contributed by atoms with Crippen LogP contribution in [0, 0.1) is 12.8 Å². The van der Waals surface area contributed by atoms with Crippen LogP contribution < -0.4 is 10.2 Å². The fraction of sp³-hybridized carbons (Fsp3) is 0.333. The SMILES string of the molecule is CCOC(=O)c1ccccc1NC(=O)C1CC(=O)N(c2cc(C)on2)C1. The largest absolute Gasteiger partial charge is 0.462 e. The molecule has 0 radical (unpaired) electrons. The number of carbonyl (C=O) groups is 3. The molecule has 0 saturated carbocycles. The predicted molar refractivity (Wildman–Crippen MR) is 92.7 cm³/mol. The highest BCUT2D eigenvalue weighted by atomic mass is 16.5. The minimum Gasteiger partial charge on any atom is -0.462 e. The van der Waals surface area contributed by atoms with Crippen LogP contribution in [0.15, 0.2) is 34.9 Å². The van der Waals surface area contributed by atoms with Gasteiger partial charge in [-0.3, -0.25) is 14.5 Å². The van der Waals surface area contributed by atoms with Gasteiger partial charge in [-0.05, 0) is 26.0 Å². The van der Waals surface area contributed by atoms with Crippen LogP contribution in [0.5, 0.6) is 0 Å². The average molecular weight is 357 g/mol. The van der Waals surface area contributed by atoms with Crippen LogP contribution in [-0.2, 0) is 14.3 Å². The summed E-state index contributed by atoms with van der Waals surface area (Å²) in [5, 5.41) is 6.55. The second kappa shape index (κ2) is 7.38. The molecular formula is C18H19N3O5. The molecule has 0 spiro atoms. The highest BCUT2D eigenvalue weighted by Gasteiger charge is 2.36. The van der Waals surface area contributed by atoms with Gasteiger partial charge in [-0.2, -0.15) is 0 Å². The molecule has 1 aromatic heterocycles. The number of anilines is 2. The number of benzene rings is 1. The van der Waals surface area contributed by atoms with Crippen LogP contribution >= 0.6 is 0 Å². The number of rotatable bonds is 5. The normalized spacial score (nSPS) is 16.6. The lowest BCUT2D eigenvalue weighted by molar-refractivity contribution is -0.122. The van der Waals surface area contributed by atoms with E-state index in [1.165, 1.54) is 4.90 Å². The van der Waals surface area contributed by atoms with Gasteiger partial charge in [0.1, 0.15) is 5.76 Å². The van der Waals surface area contributed by atoms with E-state index in [1.807, 2.05) is 0 Å². The highest BCUT2D eigenvalue weighted by molar-refractivity contribution is 6.05. The number of nitrogens with one attached hydrogen (secondary N) is 1. The first kappa shape index (κ1) is 17.7. The number of para-hydroxylation sites is 1. The predicted octanol–water partition coefficient (Wildman–Crippen LogP) is 2.15. The Hall–Kier alpha value is -3.16. The summed E-state index contributed by atoms with van der Waals surface area (Å²) < 4.78 is 9.98. The number of aromatic nitrogens is 1. The molecule has 8 heteroatoms. The third kappa shape index (κ3) is 3.58. The lowest BCUT2D eigenvalue weighted by atomic mass is 10.1. The molecule has 2 heterocycles. The van der Waals surface area contributed by atoms with Gasteiger partial charge in [0, 0.05) is 19.0 Å². The second-order valence-electron chi connectivity index (χ2n) is 5.96. The first-order chi connectivity index (χ1) is 12.5. The molecule has 1 aliphatic rings. The van der Waals surface area contributed by atoms with E-state index in [9.17, 15) is 14.4 Å². The molecule has 3 rings (SSSR count). The number of nitrogens with zero attached hydrogens (tertiary/aromatic N) is 2. The van der Waals surface area contributed by atoms with Gasteiger partial charge in [0.2, 0.25) is 11.8 Å². The molecule has 0 aliphatic carbocycles. The lowest BCUT2D eigenvalue weighted by Gasteiger charge is -2.14. The number of carbonyl (C=O) groups excluding carboxylic acids is 3. The van der Waals surface area contributed by atoms with Crippen molar-refractivity contribution in [1.29, 1.82) is 0 Å². The molecule has 0 bridgehead atoms. The van der Waals surface area contributed by atoms with Crippen molar-refractivity contribution in [2.75, 3.05) is 23.4 Å². The van der Waals surface area contributed by atoms with Crippen molar-refractivity contribution >= 4 is 29.3 Å². The summed E-state index contributed by atoms with van der Waals surface area (Å²) in [6.45, 7) is 3.89. The summed E-state index contributed by atoms with van der Waals surface area (Å²) in [6, 6.07) is 8.25. The lowest BCUT2D eigenvalue weighted by Crippen LogP contribution is -2.28. The first-order valence-electron chi connectivity index (χ1n) is 8.30. The van der Waals surface area contributed by atoms with Crippen molar-refractivity contribution in [3.05, 3.63) is 41.7 Å². The molecule has 1 unspecified atom stereocenters. The van der Waals surface area contributed by atoms with E-state index in [0.29, 0.717) is 17.3 Å². The fourth-order valence-corrected chi connectivity index (χ4v) is 2.80. The van der Waals surface area contributed by atoms with Gasteiger partial charge in [-0.25, -0.2) is 4.79 Å². The van der Waals surface area contributed by atoms with E-state index < -0.39 is 11.9 Å². The number of hydrogen-bond acceptors (Lipinski definition) is 6. The molecule has 1 saturated heterocycles. The fourth-order valence-electron chi connectivity index (χ4n) is 2.80. The topological polar surface area (TPSA) is 102 Å². The van der Waals surface area contributed by atoms with Gasteiger partial charge >= 0.3 is 5.97 Å². The molecule has 2 aromatic rings. The Labute approximate surface area is 150 Å². The van der Waals surface area contributed by atoms with Crippen molar-refractivity contribution in [3.8, 4) is 0 Å². The summed E-state index contributed by atoms with van der Waals surface area (Å²) in [6.07, 6.45) is 0.0688. The van der Waals surface area contributed by atoms with Crippen molar-refractivity contribution < 1.29 is 23.6 Å². The second-order valence-corrected chi connectivity index (χ2v) is 5.96. The van der Waals surface area contributed by atoms with E-state index in [-0.39, 0.29) is 37.0 Å². The van der Waals surface area contributed by atoms with E-state index in [1.54, 1.807) is 44.2 Å². The molecule has 1 aromatic carbocycles. The molecule has 1 aliphatic heterocycles. The number of amides is 2. The van der Waals surface area contributed by atoms with Crippen molar-refractivity contribution in [3.63, 3.8) is 0 Å². The molecular weight excluding hydrogens is 338 g/mol. The summed E-state index contributed by atoms with van der Waals surface area (Å²) in [5.74, 6) is -0.603. The Balaban J connectivity index is 1.72. The van der Waals surface area contributed by atoms with Crippen molar-refractivity contribution in [2.24, 2.45) is 5.92 Å². The van der Waals surface area contributed by atoms with E-state index in [2.05, 4.69) is 10.5 Å². The maximum Gasteiger partial charge on any atom is 0.340 e. The van der Waals surface area contributed by atoms with Crippen molar-refractivity contribution in [2.45, 2.75) is 20.3 Å². The molecule has 2 amide bonds. The number of aryl methyl sites for hydroxylation is 1. The average Bonchev–Trinajstić information content (AvgIpc) is 3.21. The zero-order valence-electron chi connectivity index (χ0n) is 14.5. The minimum absolute atomic E-state index is 0.0688. The van der Waals surface area contributed by atoms with Gasteiger partial charge in [0.15, 0.2) is 5.82 Å². The van der Waals surface area contributed by atoms with Gasteiger partial charge in [-0.15, -0.1) is 0 Å². The van der Waals surface area contributed by atoms with Crippen LogP contribution in [-0.4, -0.2) is 36.1 Å². The van der Waals surface area contributed by atoms with Crippen LogP contribution in [0.1, 0.15) is 29.5 Å².